The van der Waals surface area contributed by atoms with Crippen LogP contribution in [0.4, 0.5) is 17.8 Å². The van der Waals surface area contributed by atoms with Gasteiger partial charge in [0.05, 0.1) is 0 Å². The van der Waals surface area contributed by atoms with E-state index in [1.54, 1.807) is 0 Å². The minimum atomic E-state index is 0.0123. The molecule has 6 rings (SSSR count). The summed E-state index contributed by atoms with van der Waals surface area (Å²) in [6.07, 6.45) is 5.60. The monoisotopic (exact) mass is 458 g/mol. The van der Waals surface area contributed by atoms with Gasteiger partial charge in [-0.15, -0.1) is 0 Å². The highest BCUT2D eigenvalue weighted by Gasteiger charge is 2.53. The summed E-state index contributed by atoms with van der Waals surface area (Å²) in [4.78, 5) is 18.6. The average Bonchev–Trinajstić information content (AvgIpc) is 2.76. The number of hydrogen-bond donors (Lipinski definition) is 5. The number of fused-ring (bicyclic) bond motifs is 2. The number of nitrogens with zero attached hydrogens (tertiary/aromatic N) is 5. The van der Waals surface area contributed by atoms with Crippen LogP contribution in [0.1, 0.15) is 46.0 Å². The van der Waals surface area contributed by atoms with Crippen molar-refractivity contribution in [3.8, 4) is 0 Å². The Morgan fingerprint density at radius 1 is 0.788 bits per heavy atom. The molecule has 0 radical (unpaired) electrons. The molecule has 7 atom stereocenters. The molecule has 5 fully saturated rings. The Morgan fingerprint density at radius 2 is 1.30 bits per heavy atom. The van der Waals surface area contributed by atoms with E-state index in [1.165, 1.54) is 19.3 Å². The van der Waals surface area contributed by atoms with Gasteiger partial charge in [-0.1, -0.05) is 13.8 Å². The minimum absolute atomic E-state index is 0.0123. The highest BCUT2D eigenvalue weighted by Crippen LogP contribution is 2.61. The molecule has 5 aliphatic rings. The zero-order valence-corrected chi connectivity index (χ0v) is 20.2. The lowest BCUT2D eigenvalue weighted by Gasteiger charge is -2.60. The molecular formula is C23H42N10. The van der Waals surface area contributed by atoms with E-state index in [9.17, 15) is 0 Å². The minimum Gasteiger partial charge on any atom is -0.354 e. The number of piperidine rings is 2. The number of nitrogens with two attached hydrogens (primary N) is 4. The van der Waals surface area contributed by atoms with Crippen LogP contribution in [0.2, 0.25) is 0 Å². The maximum absolute atomic E-state index is 6.26. The van der Waals surface area contributed by atoms with Crippen LogP contribution in [0.3, 0.4) is 0 Å². The molecule has 2 saturated heterocycles. The first-order chi connectivity index (χ1) is 15.7. The highest BCUT2D eigenvalue weighted by molar-refractivity contribution is 5.46. The Hall–Kier alpha value is -1.75. The lowest BCUT2D eigenvalue weighted by molar-refractivity contribution is -0.100. The van der Waals surface area contributed by atoms with Crippen molar-refractivity contribution in [2.75, 3.05) is 47.8 Å². The third-order valence-corrected chi connectivity index (χ3v) is 8.73. The molecule has 3 heterocycles. The first-order valence-corrected chi connectivity index (χ1v) is 12.7. The second-order valence-corrected chi connectivity index (χ2v) is 11.7. The Balaban J connectivity index is 1.37. The lowest BCUT2D eigenvalue weighted by atomic mass is 9.45. The van der Waals surface area contributed by atoms with E-state index in [1.807, 2.05) is 0 Å². The highest BCUT2D eigenvalue weighted by atomic mass is 15.4. The maximum atomic E-state index is 6.26. The van der Waals surface area contributed by atoms with Gasteiger partial charge in [-0.25, -0.2) is 0 Å². The van der Waals surface area contributed by atoms with Crippen LogP contribution in [-0.4, -0.2) is 71.8 Å². The molecule has 0 aromatic carbocycles. The van der Waals surface area contributed by atoms with Gasteiger partial charge < -0.3 is 38.1 Å². The van der Waals surface area contributed by atoms with Crippen molar-refractivity contribution in [2.24, 2.45) is 46.1 Å². The molecule has 2 aliphatic heterocycles. The molecule has 2 bridgehead atoms. The Morgan fingerprint density at radius 3 is 1.76 bits per heavy atom. The van der Waals surface area contributed by atoms with Gasteiger partial charge in [0.1, 0.15) is 0 Å². The van der Waals surface area contributed by atoms with Crippen molar-refractivity contribution >= 4 is 17.8 Å². The van der Waals surface area contributed by atoms with Crippen molar-refractivity contribution in [1.82, 2.24) is 15.0 Å². The predicted molar refractivity (Wildman–Crippen MR) is 132 cm³/mol. The zero-order valence-electron chi connectivity index (χ0n) is 20.2. The van der Waals surface area contributed by atoms with Gasteiger partial charge in [0, 0.05) is 56.9 Å². The van der Waals surface area contributed by atoms with E-state index in [4.69, 9.17) is 37.9 Å². The van der Waals surface area contributed by atoms with E-state index >= 15 is 0 Å². The lowest BCUT2D eigenvalue weighted by Crippen LogP contribution is -2.54. The predicted octanol–water partition coefficient (Wildman–Crippen LogP) is 0.0852. The Kier molecular flexibility index (Phi) is 6.13. The molecule has 1 unspecified atom stereocenters. The second kappa shape index (κ2) is 8.79. The van der Waals surface area contributed by atoms with Gasteiger partial charge in [-0.2, -0.15) is 15.0 Å². The van der Waals surface area contributed by atoms with Crippen molar-refractivity contribution < 1.29 is 0 Å². The standard InChI is InChI=1S/C23H42N10/c1-23(2)14-4-3-13(19(23)5-14)8-28-20-29-21(32-9-15(24)6-16(25)10-32)31-22(30-20)33-11-17(26)7-18(27)12-33/h13-19H,3-12,24-27H2,1-2H3,(H,28,29,30,31)/t13-,14+,15-,16+,17-,18+,19?/m0/s1. The van der Waals surface area contributed by atoms with Crippen LogP contribution in [-0.2, 0) is 0 Å². The molecule has 0 spiro atoms. The van der Waals surface area contributed by atoms with Crippen molar-refractivity contribution in [3.63, 3.8) is 0 Å². The first kappa shape index (κ1) is 23.0. The van der Waals surface area contributed by atoms with Gasteiger partial charge in [-0.3, -0.25) is 0 Å². The molecule has 0 amide bonds. The molecule has 9 N–H and O–H groups in total. The van der Waals surface area contributed by atoms with Crippen LogP contribution in [0.5, 0.6) is 0 Å². The molecule has 10 heteroatoms. The van der Waals surface area contributed by atoms with Crippen LogP contribution < -0.4 is 38.1 Å². The Bertz CT molecular complexity index is 780. The summed E-state index contributed by atoms with van der Waals surface area (Å²) in [5.41, 5.74) is 25.5. The summed E-state index contributed by atoms with van der Waals surface area (Å²) < 4.78 is 0. The summed E-state index contributed by atoms with van der Waals surface area (Å²) in [5.74, 6) is 4.22. The van der Waals surface area contributed by atoms with E-state index in [-0.39, 0.29) is 24.2 Å². The van der Waals surface area contributed by atoms with Crippen molar-refractivity contribution in [1.29, 1.82) is 0 Å². The van der Waals surface area contributed by atoms with Crippen LogP contribution in [0.15, 0.2) is 0 Å². The number of rotatable bonds is 5. The fraction of sp³-hybridized carbons (Fsp3) is 0.870. The summed E-state index contributed by atoms with van der Waals surface area (Å²) in [5, 5.41) is 3.57. The molecule has 3 aliphatic carbocycles. The second-order valence-electron chi connectivity index (χ2n) is 11.7. The quantitative estimate of drug-likeness (QED) is 0.409. The fourth-order valence-electron chi connectivity index (χ4n) is 6.83. The molecule has 184 valence electrons. The van der Waals surface area contributed by atoms with E-state index in [0.29, 0.717) is 55.4 Å². The number of aromatic nitrogens is 3. The molecule has 1 aromatic heterocycles. The zero-order chi connectivity index (χ0) is 23.3. The summed E-state index contributed by atoms with van der Waals surface area (Å²) in [7, 11) is 0. The Labute approximate surface area is 197 Å². The van der Waals surface area contributed by atoms with Gasteiger partial charge in [0.2, 0.25) is 17.8 Å². The smallest absolute Gasteiger partial charge is 0.232 e. The molecule has 33 heavy (non-hydrogen) atoms. The van der Waals surface area contributed by atoms with Gasteiger partial charge >= 0.3 is 0 Å². The topological polar surface area (TPSA) is 161 Å². The number of hydrogen-bond acceptors (Lipinski definition) is 10. The van der Waals surface area contributed by atoms with Gasteiger partial charge in [0.15, 0.2) is 0 Å². The third kappa shape index (κ3) is 4.62. The van der Waals surface area contributed by atoms with Gasteiger partial charge in [-0.05, 0) is 55.3 Å². The average molecular weight is 459 g/mol. The summed E-state index contributed by atoms with van der Waals surface area (Å²) >= 11 is 0. The largest absolute Gasteiger partial charge is 0.354 e. The van der Waals surface area contributed by atoms with Crippen molar-refractivity contribution in [3.05, 3.63) is 0 Å². The first-order valence-electron chi connectivity index (χ1n) is 12.7. The van der Waals surface area contributed by atoms with Gasteiger partial charge in [0.25, 0.3) is 0 Å². The van der Waals surface area contributed by atoms with Crippen LogP contribution >= 0.6 is 0 Å². The van der Waals surface area contributed by atoms with E-state index in [2.05, 4.69) is 29.0 Å². The molecule has 10 nitrogen and oxygen atoms in total. The van der Waals surface area contributed by atoms with E-state index in [0.717, 1.165) is 31.2 Å². The summed E-state index contributed by atoms with van der Waals surface area (Å²) in [6, 6.07) is 0.0490. The molecular weight excluding hydrogens is 416 g/mol. The molecule has 3 saturated carbocycles. The number of nitrogens with one attached hydrogen (secondary N) is 1. The maximum Gasteiger partial charge on any atom is 0.232 e. The SMILES string of the molecule is CC1(C)C2C[C@H]1CC[C@H]2CNc1nc(N2C[C@H](N)C[C@H](N)C2)nc(N2C[C@H](N)C[C@H](N)C2)n1. The fourth-order valence-corrected chi connectivity index (χ4v) is 6.83. The summed E-state index contributed by atoms with van der Waals surface area (Å²) in [6.45, 7) is 8.52. The van der Waals surface area contributed by atoms with Crippen molar-refractivity contribution in [2.45, 2.75) is 70.1 Å². The third-order valence-electron chi connectivity index (χ3n) is 8.73. The number of anilines is 3. The van der Waals surface area contributed by atoms with Crippen LogP contribution in [0, 0.1) is 23.2 Å². The van der Waals surface area contributed by atoms with Crippen LogP contribution in [0.25, 0.3) is 0 Å². The van der Waals surface area contributed by atoms with E-state index < -0.39 is 0 Å². The molecule has 1 aromatic rings. The normalized spacial score (nSPS) is 38.1.